The first-order valence-corrected chi connectivity index (χ1v) is 9.58. The molecule has 116 valence electrons. The minimum Gasteiger partial charge on any atom is -0.379 e. The van der Waals surface area contributed by atoms with Gasteiger partial charge in [0.15, 0.2) is 0 Å². The third-order valence-corrected chi connectivity index (χ3v) is 7.46. The fourth-order valence-electron chi connectivity index (χ4n) is 5.03. The van der Waals surface area contributed by atoms with Crippen LogP contribution in [0.25, 0.3) is 0 Å². The van der Waals surface area contributed by atoms with E-state index >= 15 is 0 Å². The van der Waals surface area contributed by atoms with Crippen molar-refractivity contribution in [2.75, 3.05) is 32.2 Å². The summed E-state index contributed by atoms with van der Waals surface area (Å²) in [4.78, 5) is 0. The number of rotatable bonds is 8. The highest BCUT2D eigenvalue weighted by Gasteiger charge is 2.53. The Balaban J connectivity index is 1.45. The van der Waals surface area contributed by atoms with Crippen LogP contribution in [0.3, 0.4) is 0 Å². The Kier molecular flexibility index (Phi) is 4.83. The smallest absolute Gasteiger partial charge is 0.0700 e. The normalized spacial score (nSPS) is 40.1. The van der Waals surface area contributed by atoms with Gasteiger partial charge in [-0.05, 0) is 63.2 Å². The zero-order valence-corrected chi connectivity index (χ0v) is 13.5. The van der Waals surface area contributed by atoms with Gasteiger partial charge in [0, 0.05) is 27.9 Å². The third-order valence-electron chi connectivity index (χ3n) is 5.45. The average molecular weight is 300 g/mol. The van der Waals surface area contributed by atoms with Crippen molar-refractivity contribution in [3.05, 3.63) is 0 Å². The molecule has 4 saturated carbocycles. The molecule has 0 amide bonds. The minimum absolute atomic E-state index is 0.165. The Bertz CT molecular complexity index is 320. The van der Waals surface area contributed by atoms with Gasteiger partial charge in [0.25, 0.3) is 0 Å². The molecular formula is C16H28O3S. The van der Waals surface area contributed by atoms with E-state index in [-0.39, 0.29) is 4.75 Å². The molecule has 4 heteroatoms. The van der Waals surface area contributed by atoms with Gasteiger partial charge in [-0.2, -0.15) is 0 Å². The van der Waals surface area contributed by atoms with Crippen LogP contribution in [0.2, 0.25) is 0 Å². The molecule has 20 heavy (non-hydrogen) atoms. The molecule has 4 bridgehead atoms. The van der Waals surface area contributed by atoms with Crippen LogP contribution in [-0.2, 0) is 20.3 Å². The Hall–Kier alpha value is 0.0700. The monoisotopic (exact) mass is 300 g/mol. The molecule has 1 atom stereocenters. The summed E-state index contributed by atoms with van der Waals surface area (Å²) in [5, 5.41) is 0. The lowest BCUT2D eigenvalue weighted by Crippen LogP contribution is -2.53. The standard InChI is InChI=1S/C16H28O3S/c1-2-18-3-4-19-5-6-20(17)16-10-13-7-14(11-16)9-15(8-13)12-16/h13-15H,2-12H2,1H3. The van der Waals surface area contributed by atoms with Crippen LogP contribution in [-0.4, -0.2) is 41.1 Å². The lowest BCUT2D eigenvalue weighted by molar-refractivity contribution is 0.0351. The van der Waals surface area contributed by atoms with Gasteiger partial charge in [-0.25, -0.2) is 0 Å². The SMILES string of the molecule is CCOCCOCCS(=O)C12CC3CC(CC(C3)C1)C2. The largest absolute Gasteiger partial charge is 0.379 e. The van der Waals surface area contributed by atoms with Crippen LogP contribution in [0, 0.1) is 17.8 Å². The molecule has 0 aliphatic heterocycles. The van der Waals surface area contributed by atoms with Crippen LogP contribution in [0.1, 0.15) is 45.4 Å². The van der Waals surface area contributed by atoms with Gasteiger partial charge in [-0.3, -0.25) is 4.21 Å². The molecule has 0 aromatic carbocycles. The molecule has 4 rings (SSSR count). The molecule has 0 saturated heterocycles. The summed E-state index contributed by atoms with van der Waals surface area (Å²) in [5.41, 5.74) is 0. The maximum atomic E-state index is 12.8. The lowest BCUT2D eigenvalue weighted by atomic mass is 9.56. The summed E-state index contributed by atoms with van der Waals surface area (Å²) < 4.78 is 23.7. The summed E-state index contributed by atoms with van der Waals surface area (Å²) in [5.74, 6) is 3.36. The highest BCUT2D eigenvalue weighted by atomic mass is 32.2. The van der Waals surface area contributed by atoms with Gasteiger partial charge in [-0.1, -0.05) is 0 Å². The van der Waals surface area contributed by atoms with E-state index in [1.807, 2.05) is 6.92 Å². The zero-order valence-electron chi connectivity index (χ0n) is 12.6. The molecule has 1 unspecified atom stereocenters. The summed E-state index contributed by atoms with van der Waals surface area (Å²) in [6.45, 7) is 4.64. The molecule has 0 radical (unpaired) electrons. The van der Waals surface area contributed by atoms with E-state index in [4.69, 9.17) is 9.47 Å². The Morgan fingerprint density at radius 3 is 2.05 bits per heavy atom. The van der Waals surface area contributed by atoms with Crippen LogP contribution < -0.4 is 0 Å². The van der Waals surface area contributed by atoms with Crippen LogP contribution in [0.5, 0.6) is 0 Å². The van der Waals surface area contributed by atoms with Crippen LogP contribution >= 0.6 is 0 Å². The van der Waals surface area contributed by atoms with Crippen molar-refractivity contribution >= 4 is 10.8 Å². The summed E-state index contributed by atoms with van der Waals surface area (Å²) in [6.07, 6.45) is 7.93. The maximum Gasteiger partial charge on any atom is 0.0700 e. The van der Waals surface area contributed by atoms with E-state index < -0.39 is 10.8 Å². The molecule has 0 aromatic rings. The molecule has 3 nitrogen and oxygen atoms in total. The molecule has 4 aliphatic carbocycles. The third kappa shape index (κ3) is 3.12. The topological polar surface area (TPSA) is 35.5 Å². The summed E-state index contributed by atoms with van der Waals surface area (Å²) in [7, 11) is -0.698. The second-order valence-corrected chi connectivity index (χ2v) is 8.92. The van der Waals surface area contributed by atoms with E-state index in [1.165, 1.54) is 38.5 Å². The van der Waals surface area contributed by atoms with Crippen molar-refractivity contribution in [2.45, 2.75) is 50.2 Å². The highest BCUT2D eigenvalue weighted by molar-refractivity contribution is 7.86. The van der Waals surface area contributed by atoms with Crippen molar-refractivity contribution in [3.8, 4) is 0 Å². The van der Waals surface area contributed by atoms with Crippen molar-refractivity contribution < 1.29 is 13.7 Å². The molecule has 4 fully saturated rings. The number of hydrogen-bond acceptors (Lipinski definition) is 3. The predicted octanol–water partition coefficient (Wildman–Crippen LogP) is 2.76. The van der Waals surface area contributed by atoms with E-state index in [1.54, 1.807) is 0 Å². The fourth-order valence-corrected chi connectivity index (χ4v) is 6.99. The van der Waals surface area contributed by atoms with Gasteiger partial charge in [0.2, 0.25) is 0 Å². The second-order valence-electron chi connectivity index (χ2n) is 6.96. The molecular weight excluding hydrogens is 272 g/mol. The number of ether oxygens (including phenoxy) is 2. The van der Waals surface area contributed by atoms with Gasteiger partial charge in [0.05, 0.1) is 19.8 Å². The fraction of sp³-hybridized carbons (Fsp3) is 1.00. The average Bonchev–Trinajstić information content (AvgIpc) is 2.41. The Morgan fingerprint density at radius 2 is 1.50 bits per heavy atom. The van der Waals surface area contributed by atoms with Gasteiger partial charge >= 0.3 is 0 Å². The van der Waals surface area contributed by atoms with E-state index in [2.05, 4.69) is 0 Å². The molecule has 0 heterocycles. The minimum atomic E-state index is -0.698. The van der Waals surface area contributed by atoms with Crippen LogP contribution in [0.4, 0.5) is 0 Å². The van der Waals surface area contributed by atoms with Gasteiger partial charge in [0.1, 0.15) is 0 Å². The quantitative estimate of drug-likeness (QED) is 0.647. The zero-order chi connectivity index (χ0) is 14.0. The van der Waals surface area contributed by atoms with Crippen molar-refractivity contribution in [1.82, 2.24) is 0 Å². The molecule has 4 aliphatic rings. The first kappa shape index (κ1) is 15.0. The Morgan fingerprint density at radius 1 is 0.950 bits per heavy atom. The van der Waals surface area contributed by atoms with Crippen LogP contribution in [0.15, 0.2) is 0 Å². The van der Waals surface area contributed by atoms with Crippen molar-refractivity contribution in [3.63, 3.8) is 0 Å². The van der Waals surface area contributed by atoms with Gasteiger partial charge in [-0.15, -0.1) is 0 Å². The first-order valence-electron chi connectivity index (χ1n) is 8.26. The van der Waals surface area contributed by atoms with Gasteiger partial charge < -0.3 is 9.47 Å². The second kappa shape index (κ2) is 6.45. The predicted molar refractivity (Wildman–Crippen MR) is 81.2 cm³/mol. The first-order chi connectivity index (χ1) is 9.72. The van der Waals surface area contributed by atoms with Crippen molar-refractivity contribution in [2.24, 2.45) is 17.8 Å². The Labute approximate surface area is 125 Å². The molecule has 0 aromatic heterocycles. The van der Waals surface area contributed by atoms with E-state index in [0.29, 0.717) is 19.8 Å². The van der Waals surface area contributed by atoms with E-state index in [9.17, 15) is 4.21 Å². The molecule has 0 spiro atoms. The van der Waals surface area contributed by atoms with E-state index in [0.717, 1.165) is 30.1 Å². The molecule has 0 N–H and O–H groups in total. The number of hydrogen-bond donors (Lipinski definition) is 0. The summed E-state index contributed by atoms with van der Waals surface area (Å²) >= 11 is 0. The maximum absolute atomic E-state index is 12.8. The summed E-state index contributed by atoms with van der Waals surface area (Å²) in [6, 6.07) is 0. The van der Waals surface area contributed by atoms with Crippen molar-refractivity contribution in [1.29, 1.82) is 0 Å². The lowest BCUT2D eigenvalue weighted by Gasteiger charge is -2.56. The highest BCUT2D eigenvalue weighted by Crippen LogP contribution is 2.57.